The van der Waals surface area contributed by atoms with E-state index in [1.165, 1.54) is 5.56 Å². The van der Waals surface area contributed by atoms with Crippen LogP contribution in [0, 0.1) is 5.92 Å². The highest BCUT2D eigenvalue weighted by molar-refractivity contribution is 6.52. The van der Waals surface area contributed by atoms with Gasteiger partial charge in [-0.3, -0.25) is 9.59 Å². The first-order chi connectivity index (χ1) is 10.4. The molecule has 0 radical (unpaired) electrons. The molecule has 0 bridgehead atoms. The molecule has 0 amide bonds. The smallest absolute Gasteiger partial charge is 0.234 e. The van der Waals surface area contributed by atoms with Gasteiger partial charge in [0.15, 0.2) is 0 Å². The summed E-state index contributed by atoms with van der Waals surface area (Å²) in [5.41, 5.74) is 4.37. The van der Waals surface area contributed by atoms with Gasteiger partial charge in [0.25, 0.3) is 0 Å². The van der Waals surface area contributed by atoms with E-state index in [2.05, 4.69) is 19.9 Å². The molecule has 0 saturated heterocycles. The molecule has 3 heteroatoms. The second kappa shape index (κ2) is 4.31. The lowest BCUT2D eigenvalue weighted by molar-refractivity contribution is -0.112. The number of fused-ring (bicyclic) bond motifs is 4. The minimum atomic E-state index is -0.357. The van der Waals surface area contributed by atoms with Gasteiger partial charge in [0.2, 0.25) is 11.6 Å². The monoisotopic (exact) mass is 296 g/mol. The molecule has 0 spiro atoms. The maximum Gasteiger partial charge on any atom is 0.234 e. The van der Waals surface area contributed by atoms with Gasteiger partial charge in [-0.25, -0.2) is 0 Å². The van der Waals surface area contributed by atoms with Crippen molar-refractivity contribution < 1.29 is 14.3 Å². The van der Waals surface area contributed by atoms with Crippen molar-refractivity contribution in [1.29, 1.82) is 0 Å². The lowest BCUT2D eigenvalue weighted by Crippen LogP contribution is -2.31. The summed E-state index contributed by atoms with van der Waals surface area (Å²) in [6.07, 6.45) is 3.04. The third kappa shape index (κ3) is 1.62. The van der Waals surface area contributed by atoms with E-state index < -0.39 is 0 Å². The number of hydrogen-bond acceptors (Lipinski definition) is 3. The SMILES string of the molecule is C[C@@H]1COC2=C1C(=O)C(=O)c1c2ccc2c1CCCC2(C)C. The van der Waals surface area contributed by atoms with Crippen molar-refractivity contribution in [2.45, 2.75) is 45.4 Å². The second-order valence-electron chi connectivity index (χ2n) is 7.36. The molecule has 4 rings (SSSR count). The van der Waals surface area contributed by atoms with Crippen molar-refractivity contribution in [2.75, 3.05) is 6.61 Å². The van der Waals surface area contributed by atoms with E-state index in [-0.39, 0.29) is 22.9 Å². The first-order valence-electron chi connectivity index (χ1n) is 8.04. The molecule has 0 saturated carbocycles. The molecule has 0 unspecified atom stereocenters. The number of ketones is 2. The highest BCUT2D eigenvalue weighted by Gasteiger charge is 2.43. The predicted octanol–water partition coefficient (Wildman–Crippen LogP) is 3.44. The van der Waals surface area contributed by atoms with Crippen molar-refractivity contribution in [3.05, 3.63) is 40.0 Å². The fraction of sp³-hybridized carbons (Fsp3) is 0.474. The Morgan fingerprint density at radius 1 is 1.18 bits per heavy atom. The molecule has 0 N–H and O–H groups in total. The highest BCUT2D eigenvalue weighted by atomic mass is 16.5. The van der Waals surface area contributed by atoms with Crippen molar-refractivity contribution in [3.63, 3.8) is 0 Å². The van der Waals surface area contributed by atoms with E-state index in [1.54, 1.807) is 0 Å². The number of Topliss-reactive ketones (excluding diaryl/α,β-unsaturated/α-hetero) is 2. The largest absolute Gasteiger partial charge is 0.492 e. The number of hydrogen-bond donors (Lipinski definition) is 0. The van der Waals surface area contributed by atoms with Gasteiger partial charge >= 0.3 is 0 Å². The second-order valence-corrected chi connectivity index (χ2v) is 7.36. The van der Waals surface area contributed by atoms with Crippen molar-refractivity contribution in [2.24, 2.45) is 5.92 Å². The lowest BCUT2D eigenvalue weighted by Gasteiger charge is -2.35. The fourth-order valence-corrected chi connectivity index (χ4v) is 4.21. The lowest BCUT2D eigenvalue weighted by atomic mass is 9.69. The normalized spacial score (nSPS) is 25.5. The number of rotatable bonds is 0. The molecule has 114 valence electrons. The summed E-state index contributed by atoms with van der Waals surface area (Å²) in [6.45, 7) is 6.86. The van der Waals surface area contributed by atoms with E-state index in [0.29, 0.717) is 23.5 Å². The molecule has 1 atom stereocenters. The van der Waals surface area contributed by atoms with Crippen LogP contribution < -0.4 is 0 Å². The van der Waals surface area contributed by atoms with Crippen LogP contribution in [0.5, 0.6) is 0 Å². The maximum absolute atomic E-state index is 12.7. The standard InChI is InChI=1S/C19H20O3/c1-10-9-22-18-12-6-7-13-11(5-4-8-19(13,2)3)15(12)17(21)16(20)14(10)18/h6-7,10H,4-5,8-9H2,1-3H3/t10-/m1/s1. The minimum absolute atomic E-state index is 0.00655. The van der Waals surface area contributed by atoms with Crippen molar-refractivity contribution in [3.8, 4) is 0 Å². The van der Waals surface area contributed by atoms with Crippen LogP contribution in [0.3, 0.4) is 0 Å². The Bertz CT molecular complexity index is 752. The average molecular weight is 296 g/mol. The summed E-state index contributed by atoms with van der Waals surface area (Å²) in [5, 5.41) is 0. The molecular formula is C19H20O3. The van der Waals surface area contributed by atoms with Gasteiger partial charge in [-0.05, 0) is 35.8 Å². The summed E-state index contributed by atoms with van der Waals surface area (Å²) >= 11 is 0. The molecule has 3 aliphatic rings. The summed E-state index contributed by atoms with van der Waals surface area (Å²) in [7, 11) is 0. The number of benzene rings is 1. The number of carbonyl (C=O) groups excluding carboxylic acids is 2. The van der Waals surface area contributed by atoms with E-state index in [0.717, 1.165) is 30.4 Å². The van der Waals surface area contributed by atoms with Gasteiger partial charge in [0.1, 0.15) is 5.76 Å². The molecule has 22 heavy (non-hydrogen) atoms. The van der Waals surface area contributed by atoms with Crippen molar-refractivity contribution in [1.82, 2.24) is 0 Å². The van der Waals surface area contributed by atoms with Crippen LogP contribution in [0.4, 0.5) is 0 Å². The van der Waals surface area contributed by atoms with E-state index in [4.69, 9.17) is 4.74 Å². The Morgan fingerprint density at radius 3 is 2.73 bits per heavy atom. The van der Waals surface area contributed by atoms with E-state index in [1.807, 2.05) is 13.0 Å². The Morgan fingerprint density at radius 2 is 1.95 bits per heavy atom. The number of carbonyl (C=O) groups is 2. The molecule has 1 aromatic rings. The van der Waals surface area contributed by atoms with Crippen LogP contribution in [0.25, 0.3) is 5.76 Å². The molecule has 1 aliphatic heterocycles. The average Bonchev–Trinajstić information content (AvgIpc) is 2.86. The highest BCUT2D eigenvalue weighted by Crippen LogP contribution is 2.45. The Balaban J connectivity index is 2.02. The third-order valence-electron chi connectivity index (χ3n) is 5.41. The van der Waals surface area contributed by atoms with Crippen LogP contribution >= 0.6 is 0 Å². The van der Waals surface area contributed by atoms with E-state index >= 15 is 0 Å². The van der Waals surface area contributed by atoms with Crippen LogP contribution in [0.15, 0.2) is 17.7 Å². The molecule has 1 heterocycles. The third-order valence-corrected chi connectivity index (χ3v) is 5.41. The summed E-state index contributed by atoms with van der Waals surface area (Å²) in [6, 6.07) is 4.12. The molecular weight excluding hydrogens is 276 g/mol. The molecule has 3 nitrogen and oxygen atoms in total. The predicted molar refractivity (Wildman–Crippen MR) is 83.8 cm³/mol. The van der Waals surface area contributed by atoms with Crippen LogP contribution in [-0.2, 0) is 21.4 Å². The van der Waals surface area contributed by atoms with Gasteiger partial charge in [0.05, 0.1) is 12.2 Å². The van der Waals surface area contributed by atoms with E-state index in [9.17, 15) is 9.59 Å². The van der Waals surface area contributed by atoms with Gasteiger partial charge in [0, 0.05) is 17.0 Å². The van der Waals surface area contributed by atoms with Gasteiger partial charge in [-0.15, -0.1) is 0 Å². The summed E-state index contributed by atoms with van der Waals surface area (Å²) < 4.78 is 5.76. The first-order valence-corrected chi connectivity index (χ1v) is 8.04. The fourth-order valence-electron chi connectivity index (χ4n) is 4.21. The topological polar surface area (TPSA) is 43.4 Å². The summed E-state index contributed by atoms with van der Waals surface area (Å²) in [5.74, 6) is -0.0321. The first kappa shape index (κ1) is 13.7. The van der Waals surface area contributed by atoms with Crippen LogP contribution in [0.2, 0.25) is 0 Å². The molecule has 2 aliphatic carbocycles. The van der Waals surface area contributed by atoms with Gasteiger partial charge in [-0.1, -0.05) is 32.9 Å². The van der Waals surface area contributed by atoms with Crippen LogP contribution in [-0.4, -0.2) is 18.2 Å². The minimum Gasteiger partial charge on any atom is -0.492 e. The molecule has 0 aromatic heterocycles. The van der Waals surface area contributed by atoms with Crippen LogP contribution in [0.1, 0.15) is 60.7 Å². The Kier molecular flexibility index (Phi) is 2.69. The number of ether oxygens (including phenoxy) is 1. The molecule has 1 aromatic carbocycles. The van der Waals surface area contributed by atoms with Gasteiger partial charge in [-0.2, -0.15) is 0 Å². The van der Waals surface area contributed by atoms with Crippen molar-refractivity contribution >= 4 is 17.3 Å². The Hall–Kier alpha value is -1.90. The Labute approximate surface area is 130 Å². The zero-order chi connectivity index (χ0) is 15.6. The maximum atomic E-state index is 12.7. The molecule has 0 fully saturated rings. The zero-order valence-corrected chi connectivity index (χ0v) is 13.3. The quantitative estimate of drug-likeness (QED) is 0.689. The zero-order valence-electron chi connectivity index (χ0n) is 13.3. The van der Waals surface area contributed by atoms with Gasteiger partial charge < -0.3 is 4.74 Å². The summed E-state index contributed by atoms with van der Waals surface area (Å²) in [4.78, 5) is 25.3.